The van der Waals surface area contributed by atoms with Crippen LogP contribution in [0.4, 0.5) is 0 Å². The molecule has 25 heavy (non-hydrogen) atoms. The molecule has 2 aromatic carbocycles. The second kappa shape index (κ2) is 7.78. The van der Waals surface area contributed by atoms with Gasteiger partial charge in [-0.05, 0) is 48.5 Å². The molecule has 0 atom stereocenters. The van der Waals surface area contributed by atoms with Gasteiger partial charge in [-0.1, -0.05) is 59.6 Å². The molecule has 7 heteroatoms. The van der Waals surface area contributed by atoms with Gasteiger partial charge in [-0.15, -0.1) is 0 Å². The Morgan fingerprint density at radius 2 is 1.96 bits per heavy atom. The Bertz CT molecular complexity index is 1000. The molecule has 0 aliphatic heterocycles. The van der Waals surface area contributed by atoms with Gasteiger partial charge in [-0.2, -0.15) is 14.9 Å². The fraction of sp³-hybridized carbons (Fsp3) is 0.0556. The zero-order chi connectivity index (χ0) is 17.8. The van der Waals surface area contributed by atoms with E-state index in [0.29, 0.717) is 26.2 Å². The predicted octanol–water partition coefficient (Wildman–Crippen LogP) is 5.85. The van der Waals surface area contributed by atoms with Crippen LogP contribution in [0.5, 0.6) is 0 Å². The number of benzene rings is 2. The molecule has 1 aromatic heterocycles. The first-order valence-corrected chi connectivity index (χ1v) is 8.61. The average Bonchev–Trinajstić information content (AvgIpc) is 2.94. The van der Waals surface area contributed by atoms with Crippen molar-refractivity contribution in [2.24, 2.45) is 5.10 Å². The third-order valence-corrected chi connectivity index (χ3v) is 4.21. The van der Waals surface area contributed by atoms with Crippen LogP contribution in [0.3, 0.4) is 0 Å². The molecule has 4 nitrogen and oxygen atoms in total. The zero-order valence-electron chi connectivity index (χ0n) is 13.3. The second-order valence-corrected chi connectivity index (χ2v) is 6.56. The van der Waals surface area contributed by atoms with Crippen molar-refractivity contribution in [1.82, 2.24) is 14.9 Å². The average molecular weight is 389 g/mol. The van der Waals surface area contributed by atoms with E-state index >= 15 is 0 Å². The van der Waals surface area contributed by atoms with Gasteiger partial charge in [0, 0.05) is 10.6 Å². The molecule has 0 unspecified atom stereocenters. The van der Waals surface area contributed by atoms with Crippen LogP contribution in [0.2, 0.25) is 10.0 Å². The highest BCUT2D eigenvalue weighted by Crippen LogP contribution is 2.29. The van der Waals surface area contributed by atoms with Gasteiger partial charge in [0.25, 0.3) is 0 Å². The molecule has 1 N–H and O–H groups in total. The highest BCUT2D eigenvalue weighted by atomic mass is 35.5. The largest absolute Gasteiger partial charge is 0.250 e. The lowest BCUT2D eigenvalue weighted by Crippen LogP contribution is -1.95. The number of hydrogen-bond donors (Lipinski definition) is 1. The van der Waals surface area contributed by atoms with Gasteiger partial charge in [0.05, 0.1) is 11.2 Å². The van der Waals surface area contributed by atoms with E-state index in [1.165, 1.54) is 4.68 Å². The molecule has 1 heterocycles. The van der Waals surface area contributed by atoms with Crippen molar-refractivity contribution in [3.63, 3.8) is 0 Å². The summed E-state index contributed by atoms with van der Waals surface area (Å²) in [7, 11) is 0. The monoisotopic (exact) mass is 388 g/mol. The van der Waals surface area contributed by atoms with Gasteiger partial charge in [0.15, 0.2) is 5.82 Å². The lowest BCUT2D eigenvalue weighted by Gasteiger charge is -2.04. The van der Waals surface area contributed by atoms with E-state index in [1.807, 2.05) is 43.3 Å². The molecular weight excluding hydrogens is 375 g/mol. The number of nitrogens with one attached hydrogen (secondary N) is 1. The number of allylic oxidation sites excluding steroid dienone is 1. The summed E-state index contributed by atoms with van der Waals surface area (Å²) < 4.78 is 1.91. The zero-order valence-corrected chi connectivity index (χ0v) is 15.6. The highest BCUT2D eigenvalue weighted by Gasteiger charge is 2.12. The van der Waals surface area contributed by atoms with Crippen LogP contribution in [0.1, 0.15) is 12.5 Å². The Balaban J connectivity index is 1.95. The van der Waals surface area contributed by atoms with Crippen molar-refractivity contribution in [2.75, 3.05) is 0 Å². The normalized spacial score (nSPS) is 12.0. The second-order valence-electron chi connectivity index (χ2n) is 5.33. The van der Waals surface area contributed by atoms with E-state index in [1.54, 1.807) is 24.4 Å². The van der Waals surface area contributed by atoms with Crippen LogP contribution in [-0.2, 0) is 0 Å². The highest BCUT2D eigenvalue weighted by molar-refractivity contribution is 7.71. The number of aromatic amines is 1. The van der Waals surface area contributed by atoms with Crippen LogP contribution in [0.25, 0.3) is 17.5 Å². The molecule has 0 saturated carbocycles. The van der Waals surface area contributed by atoms with Gasteiger partial charge in [-0.3, -0.25) is 0 Å². The summed E-state index contributed by atoms with van der Waals surface area (Å²) in [5.41, 5.74) is 2.77. The van der Waals surface area contributed by atoms with Crippen molar-refractivity contribution in [3.05, 3.63) is 74.5 Å². The van der Waals surface area contributed by atoms with E-state index in [2.05, 4.69) is 15.3 Å². The summed E-state index contributed by atoms with van der Waals surface area (Å²) in [5.74, 6) is 0.524. The van der Waals surface area contributed by atoms with Crippen LogP contribution in [0.15, 0.2) is 59.2 Å². The van der Waals surface area contributed by atoms with Crippen molar-refractivity contribution in [3.8, 4) is 11.4 Å². The molecule has 0 bridgehead atoms. The van der Waals surface area contributed by atoms with Gasteiger partial charge >= 0.3 is 0 Å². The standard InChI is InChI=1S/C18H14Cl2N4S/c1-12(9-13-5-3-2-4-6-13)11-21-24-17(22-23-18(24)25)15-8-7-14(19)10-16(15)20/h2-11H,1H3,(H,23,25)/b12-9+,21-11?. The number of H-pyrrole nitrogens is 1. The molecule has 3 aromatic rings. The van der Waals surface area contributed by atoms with Crippen LogP contribution in [0, 0.1) is 4.77 Å². The van der Waals surface area contributed by atoms with Crippen molar-refractivity contribution in [2.45, 2.75) is 6.92 Å². The quantitative estimate of drug-likeness (QED) is 0.449. The topological polar surface area (TPSA) is 46.0 Å². The van der Waals surface area contributed by atoms with Gasteiger partial charge in [-0.25, -0.2) is 5.10 Å². The van der Waals surface area contributed by atoms with Crippen LogP contribution < -0.4 is 0 Å². The number of rotatable bonds is 4. The minimum absolute atomic E-state index is 0.379. The minimum Gasteiger partial charge on any atom is -0.250 e. The van der Waals surface area contributed by atoms with Gasteiger partial charge in [0.2, 0.25) is 4.77 Å². The maximum Gasteiger partial charge on any atom is 0.216 e. The molecule has 3 rings (SSSR count). The summed E-state index contributed by atoms with van der Waals surface area (Å²) in [4.78, 5) is 0. The first kappa shape index (κ1) is 17.6. The summed E-state index contributed by atoms with van der Waals surface area (Å²) in [5, 5.41) is 12.4. The molecule has 0 aliphatic rings. The molecule has 0 radical (unpaired) electrons. The Labute approximate surface area is 160 Å². The van der Waals surface area contributed by atoms with Crippen molar-refractivity contribution < 1.29 is 0 Å². The van der Waals surface area contributed by atoms with Crippen LogP contribution >= 0.6 is 35.4 Å². The number of aromatic nitrogens is 3. The molecule has 126 valence electrons. The fourth-order valence-corrected chi connectivity index (χ4v) is 2.91. The van der Waals surface area contributed by atoms with E-state index in [9.17, 15) is 0 Å². The predicted molar refractivity (Wildman–Crippen MR) is 107 cm³/mol. The summed E-state index contributed by atoms with van der Waals surface area (Å²) in [6.45, 7) is 1.97. The molecule has 0 spiro atoms. The third kappa shape index (κ3) is 4.25. The third-order valence-electron chi connectivity index (χ3n) is 3.39. The van der Waals surface area contributed by atoms with E-state index in [4.69, 9.17) is 35.4 Å². The Morgan fingerprint density at radius 1 is 1.20 bits per heavy atom. The molecular formula is C18H14Cl2N4S. The first-order valence-electron chi connectivity index (χ1n) is 7.45. The smallest absolute Gasteiger partial charge is 0.216 e. The lowest BCUT2D eigenvalue weighted by atomic mass is 10.1. The summed E-state index contributed by atoms with van der Waals surface area (Å²) in [6.07, 6.45) is 3.76. The Morgan fingerprint density at radius 3 is 2.68 bits per heavy atom. The molecule has 0 aliphatic carbocycles. The Kier molecular flexibility index (Phi) is 5.48. The van der Waals surface area contributed by atoms with Crippen LogP contribution in [-0.4, -0.2) is 21.1 Å². The van der Waals surface area contributed by atoms with Crippen molar-refractivity contribution in [1.29, 1.82) is 0 Å². The summed E-state index contributed by atoms with van der Waals surface area (Å²) >= 11 is 17.5. The van der Waals surface area contributed by atoms with Gasteiger partial charge in [0.1, 0.15) is 0 Å². The molecule has 0 amide bonds. The SMILES string of the molecule is C/C(C=Nn1c(-c2ccc(Cl)cc2Cl)n[nH]c1=S)=C\c1ccccc1. The lowest BCUT2D eigenvalue weighted by molar-refractivity contribution is 0.871. The van der Waals surface area contributed by atoms with E-state index in [0.717, 1.165) is 11.1 Å². The first-order chi connectivity index (χ1) is 12.0. The van der Waals surface area contributed by atoms with Crippen molar-refractivity contribution >= 4 is 47.7 Å². The maximum absolute atomic E-state index is 6.27. The number of hydrogen-bond acceptors (Lipinski definition) is 3. The Hall–Kier alpha value is -2.21. The minimum atomic E-state index is 0.379. The van der Waals surface area contributed by atoms with Gasteiger partial charge < -0.3 is 0 Å². The fourth-order valence-electron chi connectivity index (χ4n) is 2.24. The number of halogens is 2. The maximum atomic E-state index is 6.27. The molecule has 0 saturated heterocycles. The van der Waals surface area contributed by atoms with E-state index in [-0.39, 0.29) is 0 Å². The summed E-state index contributed by atoms with van der Waals surface area (Å²) in [6, 6.07) is 15.2. The van der Waals surface area contributed by atoms with E-state index < -0.39 is 0 Å². The molecule has 0 fully saturated rings. The number of nitrogens with zero attached hydrogens (tertiary/aromatic N) is 3.